The summed E-state index contributed by atoms with van der Waals surface area (Å²) in [6.07, 6.45) is 4.67. The van der Waals surface area contributed by atoms with Gasteiger partial charge in [-0.1, -0.05) is 30.7 Å². The zero-order valence-electron chi connectivity index (χ0n) is 16.9. The third-order valence-corrected chi connectivity index (χ3v) is 5.35. The molecule has 31 heavy (non-hydrogen) atoms. The maximum Gasteiger partial charge on any atom is 0.339 e. The summed E-state index contributed by atoms with van der Waals surface area (Å²) in [5.41, 5.74) is 3.45. The molecule has 0 aliphatic heterocycles. The Kier molecular flexibility index (Phi) is 5.93. The molecule has 2 aromatic carbocycles. The van der Waals surface area contributed by atoms with Crippen molar-refractivity contribution in [3.8, 4) is 0 Å². The zero-order chi connectivity index (χ0) is 21.8. The number of carboxylic acids is 1. The van der Waals surface area contributed by atoms with Crippen molar-refractivity contribution < 1.29 is 24.2 Å². The molecule has 7 heteroatoms. The first kappa shape index (κ1) is 20.5. The molecule has 1 aliphatic rings. The van der Waals surface area contributed by atoms with E-state index in [9.17, 15) is 14.4 Å². The van der Waals surface area contributed by atoms with E-state index in [0.29, 0.717) is 11.3 Å². The van der Waals surface area contributed by atoms with Crippen LogP contribution in [0, 0.1) is 0 Å². The number of para-hydroxylation sites is 1. The Bertz CT molecular complexity index is 1170. The lowest BCUT2D eigenvalue weighted by Gasteiger charge is -2.15. The Hall–Kier alpha value is -3.74. The van der Waals surface area contributed by atoms with E-state index in [1.807, 2.05) is 24.3 Å². The summed E-state index contributed by atoms with van der Waals surface area (Å²) in [5.74, 6) is -2.18. The zero-order valence-corrected chi connectivity index (χ0v) is 16.9. The van der Waals surface area contributed by atoms with Crippen molar-refractivity contribution >= 4 is 34.4 Å². The number of benzene rings is 2. The van der Waals surface area contributed by atoms with E-state index in [4.69, 9.17) is 14.8 Å². The molecule has 0 saturated carbocycles. The van der Waals surface area contributed by atoms with Crippen LogP contribution in [0.4, 0.5) is 5.69 Å². The molecule has 1 aliphatic carbocycles. The first-order chi connectivity index (χ1) is 15.0. The topological polar surface area (TPSA) is 106 Å². The highest BCUT2D eigenvalue weighted by atomic mass is 16.5. The first-order valence-electron chi connectivity index (χ1n) is 10.2. The number of nitrogens with one attached hydrogen (secondary N) is 1. The van der Waals surface area contributed by atoms with Crippen LogP contribution >= 0.6 is 0 Å². The van der Waals surface area contributed by atoms with Crippen LogP contribution in [-0.4, -0.2) is 34.5 Å². The number of carbonyl (C=O) groups excluding carboxylic acids is 2. The number of carboxylic acid groups (broad SMARTS) is 1. The summed E-state index contributed by atoms with van der Waals surface area (Å²) in [4.78, 5) is 41.2. The minimum absolute atomic E-state index is 0.0562. The molecule has 0 spiro atoms. The molecule has 0 radical (unpaired) electrons. The molecule has 0 saturated heterocycles. The molecule has 0 fully saturated rings. The monoisotopic (exact) mass is 418 g/mol. The van der Waals surface area contributed by atoms with Crippen molar-refractivity contribution in [3.63, 3.8) is 0 Å². The number of aryl methyl sites for hydroxylation is 1. The van der Waals surface area contributed by atoms with Gasteiger partial charge in [0.15, 0.2) is 6.61 Å². The highest BCUT2D eigenvalue weighted by molar-refractivity contribution is 6.06. The van der Waals surface area contributed by atoms with Gasteiger partial charge in [-0.15, -0.1) is 0 Å². The molecule has 158 valence electrons. The van der Waals surface area contributed by atoms with Gasteiger partial charge in [0.1, 0.15) is 0 Å². The van der Waals surface area contributed by atoms with Gasteiger partial charge in [-0.25, -0.2) is 9.59 Å². The predicted molar refractivity (Wildman–Crippen MR) is 115 cm³/mol. The average Bonchev–Trinajstić information content (AvgIpc) is 3.01. The molecular formula is C24H22N2O5. The van der Waals surface area contributed by atoms with Crippen molar-refractivity contribution in [2.75, 3.05) is 11.9 Å². The van der Waals surface area contributed by atoms with Gasteiger partial charge in [0.05, 0.1) is 16.6 Å². The molecular weight excluding hydrogens is 396 g/mol. The fraction of sp³-hybridized carbons (Fsp3) is 0.250. The highest BCUT2D eigenvalue weighted by Gasteiger charge is 2.23. The van der Waals surface area contributed by atoms with Crippen molar-refractivity contribution in [2.45, 2.75) is 32.1 Å². The van der Waals surface area contributed by atoms with E-state index in [1.165, 1.54) is 18.2 Å². The minimum atomic E-state index is -1.09. The normalized spacial score (nSPS) is 13.2. The summed E-state index contributed by atoms with van der Waals surface area (Å²) in [7, 11) is 0. The highest BCUT2D eigenvalue weighted by Crippen LogP contribution is 2.29. The number of nitrogens with zero attached hydrogens (tertiary/aromatic N) is 1. The number of rotatable bonds is 5. The summed E-state index contributed by atoms with van der Waals surface area (Å²) in [5, 5.41) is 12.3. The van der Waals surface area contributed by atoms with Crippen LogP contribution in [-0.2, 0) is 22.4 Å². The van der Waals surface area contributed by atoms with E-state index in [0.717, 1.165) is 54.3 Å². The van der Waals surface area contributed by atoms with Crippen LogP contribution in [0.1, 0.15) is 51.2 Å². The van der Waals surface area contributed by atoms with Crippen LogP contribution in [0.25, 0.3) is 10.9 Å². The lowest BCUT2D eigenvalue weighted by Crippen LogP contribution is -2.22. The van der Waals surface area contributed by atoms with Gasteiger partial charge in [-0.3, -0.25) is 9.78 Å². The number of ether oxygens (including phenoxy) is 1. The number of fused-ring (bicyclic) bond motifs is 2. The SMILES string of the molecule is O=C(COC(=O)c1c2c(nc3ccccc13)CCCCC2)Nc1cccc(C(=O)O)c1. The number of pyridine rings is 1. The summed E-state index contributed by atoms with van der Waals surface area (Å²) in [6, 6.07) is 13.3. The van der Waals surface area contributed by atoms with E-state index in [2.05, 4.69) is 5.32 Å². The van der Waals surface area contributed by atoms with Gasteiger partial charge < -0.3 is 15.2 Å². The quantitative estimate of drug-likeness (QED) is 0.479. The molecule has 1 amide bonds. The van der Waals surface area contributed by atoms with Crippen LogP contribution in [0.15, 0.2) is 48.5 Å². The number of aromatic nitrogens is 1. The molecule has 0 bridgehead atoms. The van der Waals surface area contributed by atoms with Crippen molar-refractivity contribution in [1.82, 2.24) is 4.98 Å². The van der Waals surface area contributed by atoms with Gasteiger partial charge in [-0.2, -0.15) is 0 Å². The average molecular weight is 418 g/mol. The Morgan fingerprint density at radius 3 is 2.65 bits per heavy atom. The molecule has 1 aromatic heterocycles. The van der Waals surface area contributed by atoms with E-state index in [1.54, 1.807) is 6.07 Å². The van der Waals surface area contributed by atoms with Crippen LogP contribution in [0.3, 0.4) is 0 Å². The van der Waals surface area contributed by atoms with Crippen molar-refractivity contribution in [2.24, 2.45) is 0 Å². The largest absolute Gasteiger partial charge is 0.478 e. The standard InChI is InChI=1S/C24H22N2O5/c27-21(25-16-8-6-7-15(13-16)23(28)29)14-31-24(30)22-17-9-2-1-3-11-19(17)26-20-12-5-4-10-18(20)22/h4-8,10,12-13H,1-3,9,11,14H2,(H,25,27)(H,28,29). The van der Waals surface area contributed by atoms with Crippen LogP contribution < -0.4 is 5.32 Å². The molecule has 0 atom stereocenters. The van der Waals surface area contributed by atoms with Gasteiger partial charge in [-0.05, 0) is 55.5 Å². The lowest BCUT2D eigenvalue weighted by molar-refractivity contribution is -0.119. The number of amides is 1. The van der Waals surface area contributed by atoms with Crippen molar-refractivity contribution in [3.05, 3.63) is 70.9 Å². The fourth-order valence-electron chi connectivity index (χ4n) is 3.91. The third-order valence-electron chi connectivity index (χ3n) is 5.35. The molecule has 1 heterocycles. The second-order valence-corrected chi connectivity index (χ2v) is 7.50. The smallest absolute Gasteiger partial charge is 0.339 e. The minimum Gasteiger partial charge on any atom is -0.478 e. The number of aromatic carboxylic acids is 1. The number of hydrogen-bond donors (Lipinski definition) is 2. The number of esters is 1. The van der Waals surface area contributed by atoms with E-state index in [-0.39, 0.29) is 5.56 Å². The first-order valence-corrected chi connectivity index (χ1v) is 10.2. The Balaban J connectivity index is 1.53. The molecule has 3 aromatic rings. The summed E-state index contributed by atoms with van der Waals surface area (Å²) in [6.45, 7) is -0.471. The fourth-order valence-corrected chi connectivity index (χ4v) is 3.91. The van der Waals surface area contributed by atoms with Gasteiger partial charge in [0, 0.05) is 16.8 Å². The lowest BCUT2D eigenvalue weighted by atomic mass is 9.97. The van der Waals surface area contributed by atoms with Gasteiger partial charge in [0.25, 0.3) is 5.91 Å². The Labute approximate surface area is 179 Å². The molecule has 7 nitrogen and oxygen atoms in total. The maximum atomic E-state index is 13.0. The van der Waals surface area contributed by atoms with Gasteiger partial charge >= 0.3 is 11.9 Å². The molecule has 0 unspecified atom stereocenters. The molecule has 2 N–H and O–H groups in total. The van der Waals surface area contributed by atoms with Crippen molar-refractivity contribution in [1.29, 1.82) is 0 Å². The molecule has 4 rings (SSSR count). The number of anilines is 1. The Morgan fingerprint density at radius 1 is 1.00 bits per heavy atom. The number of carbonyl (C=O) groups is 3. The summed E-state index contributed by atoms with van der Waals surface area (Å²) < 4.78 is 5.36. The van der Waals surface area contributed by atoms with E-state index < -0.39 is 24.5 Å². The predicted octanol–water partition coefficient (Wildman–Crippen LogP) is 4.00. The Morgan fingerprint density at radius 2 is 1.81 bits per heavy atom. The number of hydrogen-bond acceptors (Lipinski definition) is 5. The maximum absolute atomic E-state index is 13.0. The second kappa shape index (κ2) is 8.95. The van der Waals surface area contributed by atoms with Crippen LogP contribution in [0.5, 0.6) is 0 Å². The van der Waals surface area contributed by atoms with Crippen LogP contribution in [0.2, 0.25) is 0 Å². The summed E-state index contributed by atoms with van der Waals surface area (Å²) >= 11 is 0. The second-order valence-electron chi connectivity index (χ2n) is 7.50. The van der Waals surface area contributed by atoms with E-state index >= 15 is 0 Å². The van der Waals surface area contributed by atoms with Gasteiger partial charge in [0.2, 0.25) is 0 Å². The third kappa shape index (κ3) is 4.55.